The monoisotopic (exact) mass is 231 g/mol. The molecule has 0 aromatic heterocycles. The second-order valence-corrected chi connectivity index (χ2v) is 3.85. The zero-order chi connectivity index (χ0) is 12.7. The van der Waals surface area contributed by atoms with Gasteiger partial charge in [-0.25, -0.2) is 0 Å². The molecule has 0 fully saturated rings. The number of rotatable bonds is 5. The van der Waals surface area contributed by atoms with Crippen LogP contribution >= 0.6 is 0 Å². The second-order valence-electron chi connectivity index (χ2n) is 3.85. The van der Waals surface area contributed by atoms with Crippen LogP contribution in [0.2, 0.25) is 0 Å². The van der Waals surface area contributed by atoms with Crippen molar-refractivity contribution in [2.75, 3.05) is 13.2 Å². The fraction of sp³-hybridized carbons (Fsp3) is 0.357. The lowest BCUT2D eigenvalue weighted by molar-refractivity contribution is -0.121. The van der Waals surface area contributed by atoms with E-state index in [1.807, 2.05) is 32.0 Å². The Morgan fingerprint density at radius 3 is 2.94 bits per heavy atom. The van der Waals surface area contributed by atoms with Gasteiger partial charge in [-0.1, -0.05) is 18.1 Å². The van der Waals surface area contributed by atoms with Crippen LogP contribution in [0.4, 0.5) is 0 Å². The Bertz CT molecular complexity index is 432. The van der Waals surface area contributed by atoms with E-state index < -0.39 is 0 Å². The normalized spacial score (nSPS) is 9.47. The minimum Gasteiger partial charge on any atom is -0.493 e. The van der Waals surface area contributed by atoms with E-state index in [0.717, 1.165) is 16.9 Å². The van der Waals surface area contributed by atoms with Crippen molar-refractivity contribution in [3.05, 3.63) is 29.3 Å². The largest absolute Gasteiger partial charge is 0.493 e. The van der Waals surface area contributed by atoms with Gasteiger partial charge in [0.15, 0.2) is 0 Å². The van der Waals surface area contributed by atoms with Crippen LogP contribution in [-0.4, -0.2) is 19.1 Å². The number of hydrogen-bond donors (Lipinski definition) is 1. The molecule has 0 aliphatic carbocycles. The number of benzene rings is 1. The van der Waals surface area contributed by atoms with Gasteiger partial charge in [-0.05, 0) is 31.0 Å². The second kappa shape index (κ2) is 6.59. The van der Waals surface area contributed by atoms with E-state index in [4.69, 9.17) is 11.2 Å². The molecule has 0 aliphatic rings. The molecule has 3 heteroatoms. The number of aryl methyl sites for hydroxylation is 2. The quantitative estimate of drug-likeness (QED) is 0.785. The minimum atomic E-state index is -0.0896. The molecule has 0 atom stereocenters. The van der Waals surface area contributed by atoms with Gasteiger partial charge >= 0.3 is 0 Å². The van der Waals surface area contributed by atoms with Gasteiger partial charge in [-0.15, -0.1) is 6.42 Å². The summed E-state index contributed by atoms with van der Waals surface area (Å²) in [6, 6.07) is 6.00. The SMILES string of the molecule is C#CCNC(=O)CCOc1cc(C)ccc1C. The van der Waals surface area contributed by atoms with Crippen LogP contribution in [0.25, 0.3) is 0 Å². The third-order valence-electron chi connectivity index (χ3n) is 2.32. The lowest BCUT2D eigenvalue weighted by atomic mass is 10.1. The molecule has 0 saturated carbocycles. The predicted octanol–water partition coefficient (Wildman–Crippen LogP) is 1.82. The molecular formula is C14H17NO2. The Kier molecular flexibility index (Phi) is 5.09. The Labute approximate surface area is 102 Å². The zero-order valence-corrected chi connectivity index (χ0v) is 10.2. The third kappa shape index (κ3) is 4.60. The van der Waals surface area contributed by atoms with Crippen LogP contribution in [0.15, 0.2) is 18.2 Å². The summed E-state index contributed by atoms with van der Waals surface area (Å²) in [6.45, 7) is 4.61. The summed E-state index contributed by atoms with van der Waals surface area (Å²) in [5.41, 5.74) is 2.21. The fourth-order valence-corrected chi connectivity index (χ4v) is 1.35. The van der Waals surface area contributed by atoms with Crippen molar-refractivity contribution < 1.29 is 9.53 Å². The van der Waals surface area contributed by atoms with Crippen LogP contribution in [0.3, 0.4) is 0 Å². The molecule has 17 heavy (non-hydrogen) atoms. The molecule has 3 nitrogen and oxygen atoms in total. The van der Waals surface area contributed by atoms with Crippen molar-refractivity contribution in [2.45, 2.75) is 20.3 Å². The van der Waals surface area contributed by atoms with Crippen LogP contribution in [-0.2, 0) is 4.79 Å². The van der Waals surface area contributed by atoms with Gasteiger partial charge in [0.05, 0.1) is 19.6 Å². The van der Waals surface area contributed by atoms with Gasteiger partial charge in [-0.3, -0.25) is 4.79 Å². The zero-order valence-electron chi connectivity index (χ0n) is 10.2. The maximum Gasteiger partial charge on any atom is 0.224 e. The average molecular weight is 231 g/mol. The van der Waals surface area contributed by atoms with Crippen LogP contribution in [0.1, 0.15) is 17.5 Å². The smallest absolute Gasteiger partial charge is 0.224 e. The molecule has 0 spiro atoms. The maximum absolute atomic E-state index is 11.3. The van der Waals surface area contributed by atoms with Crippen LogP contribution in [0, 0.1) is 26.2 Å². The molecule has 1 aromatic rings. The first kappa shape index (κ1) is 13.1. The lowest BCUT2D eigenvalue weighted by Gasteiger charge is -2.09. The molecule has 90 valence electrons. The van der Waals surface area contributed by atoms with Crippen LogP contribution < -0.4 is 10.1 Å². The van der Waals surface area contributed by atoms with Gasteiger partial charge in [0.25, 0.3) is 0 Å². The molecule has 0 bridgehead atoms. The van der Waals surface area contributed by atoms with E-state index in [1.54, 1.807) is 0 Å². The highest BCUT2D eigenvalue weighted by atomic mass is 16.5. The van der Waals surface area contributed by atoms with Crippen molar-refractivity contribution in [3.8, 4) is 18.1 Å². The molecule has 1 amide bonds. The Balaban J connectivity index is 2.38. The van der Waals surface area contributed by atoms with Crippen molar-refractivity contribution in [1.82, 2.24) is 5.32 Å². The first-order valence-corrected chi connectivity index (χ1v) is 5.53. The third-order valence-corrected chi connectivity index (χ3v) is 2.32. The molecule has 1 N–H and O–H groups in total. The Morgan fingerprint density at radius 1 is 1.47 bits per heavy atom. The summed E-state index contributed by atoms with van der Waals surface area (Å²) in [7, 11) is 0. The van der Waals surface area contributed by atoms with E-state index in [2.05, 4.69) is 11.2 Å². The molecule has 0 aliphatic heterocycles. The van der Waals surface area contributed by atoms with E-state index in [9.17, 15) is 4.79 Å². The standard InChI is InChI=1S/C14H17NO2/c1-4-8-15-14(16)7-9-17-13-10-11(2)5-6-12(13)3/h1,5-6,10H,7-9H2,2-3H3,(H,15,16). The summed E-state index contributed by atoms with van der Waals surface area (Å²) < 4.78 is 5.56. The number of nitrogens with one attached hydrogen (secondary N) is 1. The molecule has 0 radical (unpaired) electrons. The fourth-order valence-electron chi connectivity index (χ4n) is 1.35. The van der Waals surface area contributed by atoms with Gasteiger partial charge in [0, 0.05) is 0 Å². The topological polar surface area (TPSA) is 38.3 Å². The molecular weight excluding hydrogens is 214 g/mol. The Morgan fingerprint density at radius 2 is 2.24 bits per heavy atom. The van der Waals surface area contributed by atoms with Crippen molar-refractivity contribution in [1.29, 1.82) is 0 Å². The van der Waals surface area contributed by atoms with E-state index in [1.165, 1.54) is 0 Å². The molecule has 0 saturated heterocycles. The number of carbonyl (C=O) groups is 1. The molecule has 1 aromatic carbocycles. The summed E-state index contributed by atoms with van der Waals surface area (Å²) in [4.78, 5) is 11.3. The van der Waals surface area contributed by atoms with Gasteiger partial charge in [-0.2, -0.15) is 0 Å². The van der Waals surface area contributed by atoms with Crippen molar-refractivity contribution in [2.24, 2.45) is 0 Å². The molecule has 1 rings (SSSR count). The van der Waals surface area contributed by atoms with E-state index in [0.29, 0.717) is 13.0 Å². The Hall–Kier alpha value is -1.95. The number of carbonyl (C=O) groups excluding carboxylic acids is 1. The average Bonchev–Trinajstić information content (AvgIpc) is 2.31. The van der Waals surface area contributed by atoms with Gasteiger partial charge < -0.3 is 10.1 Å². The van der Waals surface area contributed by atoms with E-state index in [-0.39, 0.29) is 12.5 Å². The van der Waals surface area contributed by atoms with Crippen LogP contribution in [0.5, 0.6) is 5.75 Å². The highest BCUT2D eigenvalue weighted by Gasteiger charge is 2.03. The maximum atomic E-state index is 11.3. The molecule has 0 heterocycles. The highest BCUT2D eigenvalue weighted by molar-refractivity contribution is 5.76. The first-order valence-electron chi connectivity index (χ1n) is 5.53. The summed E-state index contributed by atoms with van der Waals surface area (Å²) in [6.07, 6.45) is 5.35. The summed E-state index contributed by atoms with van der Waals surface area (Å²) >= 11 is 0. The first-order chi connectivity index (χ1) is 8.13. The number of hydrogen-bond acceptors (Lipinski definition) is 2. The highest BCUT2D eigenvalue weighted by Crippen LogP contribution is 2.18. The van der Waals surface area contributed by atoms with Gasteiger partial charge in [0.1, 0.15) is 5.75 Å². The number of terminal acetylenes is 1. The van der Waals surface area contributed by atoms with Crippen molar-refractivity contribution >= 4 is 5.91 Å². The predicted molar refractivity (Wildman–Crippen MR) is 67.9 cm³/mol. The number of amides is 1. The minimum absolute atomic E-state index is 0.0896. The molecule has 0 unspecified atom stereocenters. The van der Waals surface area contributed by atoms with E-state index >= 15 is 0 Å². The summed E-state index contributed by atoms with van der Waals surface area (Å²) in [5.74, 6) is 3.09. The summed E-state index contributed by atoms with van der Waals surface area (Å²) in [5, 5.41) is 2.59. The van der Waals surface area contributed by atoms with Gasteiger partial charge in [0.2, 0.25) is 5.91 Å². The van der Waals surface area contributed by atoms with Crippen molar-refractivity contribution in [3.63, 3.8) is 0 Å². The lowest BCUT2D eigenvalue weighted by Crippen LogP contribution is -2.25. The number of ether oxygens (including phenoxy) is 1.